The Bertz CT molecular complexity index is 116. The molecular weight excluding hydrogens is 566 g/mol. The van der Waals surface area contributed by atoms with Crippen LogP contribution in [0.4, 0.5) is 0 Å². The summed E-state index contributed by atoms with van der Waals surface area (Å²) >= 11 is 0. The van der Waals surface area contributed by atoms with Gasteiger partial charge in [-0.25, -0.2) is 0 Å². The van der Waals surface area contributed by atoms with Gasteiger partial charge in [-0.05, 0) is 0 Å². The van der Waals surface area contributed by atoms with E-state index in [1.165, 1.54) is 0 Å². The summed E-state index contributed by atoms with van der Waals surface area (Å²) in [6.45, 7) is 0. The van der Waals surface area contributed by atoms with Crippen LogP contribution in [0.3, 0.4) is 0 Å². The van der Waals surface area contributed by atoms with Gasteiger partial charge >= 0.3 is 73.7 Å². The SMILES string of the molecule is O=[Si]([O-])[O-].O=[Si]([O-])[O-].O=[Si]([O-])[O-].[Tm+3].[Tm+3]. The first-order chi connectivity index (χ1) is 5.20. The van der Waals surface area contributed by atoms with Crippen molar-refractivity contribution in [3.05, 3.63) is 0 Å². The maximum atomic E-state index is 8.52. The van der Waals surface area contributed by atoms with Crippen LogP contribution in [-0.2, 0) is 13.4 Å². The Hall–Kier alpha value is 1.32. The molecule has 0 saturated heterocycles. The molecule has 0 spiro atoms. The summed E-state index contributed by atoms with van der Waals surface area (Å²) in [4.78, 5) is 51.1. The van der Waals surface area contributed by atoms with E-state index in [1.807, 2.05) is 0 Å². The number of hydrogen-bond donors (Lipinski definition) is 0. The van der Waals surface area contributed by atoms with E-state index >= 15 is 0 Å². The van der Waals surface area contributed by atoms with Crippen LogP contribution in [0.2, 0.25) is 0 Å². The minimum absolute atomic E-state index is 0. The second-order valence-electron chi connectivity index (χ2n) is 0.750. The molecule has 0 saturated carbocycles. The molecule has 0 rings (SSSR count). The summed E-state index contributed by atoms with van der Waals surface area (Å²) in [5, 5.41) is 0. The van der Waals surface area contributed by atoms with Crippen LogP contribution in [0.5, 0.6) is 0 Å². The van der Waals surface area contributed by atoms with Crippen molar-refractivity contribution in [2.45, 2.75) is 0 Å². The van der Waals surface area contributed by atoms with E-state index in [2.05, 4.69) is 0 Å². The minimum atomic E-state index is -3.63. The predicted octanol–water partition coefficient (Wildman–Crippen LogP) is -8.63. The zero-order chi connectivity index (χ0) is 10.7. The van der Waals surface area contributed by atoms with E-state index in [0.29, 0.717) is 0 Å². The Morgan fingerprint density at radius 1 is 0.500 bits per heavy atom. The molecule has 14 heavy (non-hydrogen) atoms. The normalized spacial score (nSPS) is 5.14. The third kappa shape index (κ3) is 1160. The van der Waals surface area contributed by atoms with Crippen LogP contribution in [0.25, 0.3) is 0 Å². The zero-order valence-electron chi connectivity index (χ0n) is 5.73. The molecule has 92 valence electrons. The van der Waals surface area contributed by atoms with E-state index in [1.54, 1.807) is 0 Å². The molecule has 0 aromatic heterocycles. The maximum Gasteiger partial charge on any atom is 3.00 e. The van der Waals surface area contributed by atoms with Crippen molar-refractivity contribution in [2.24, 2.45) is 0 Å². The topological polar surface area (TPSA) is 190 Å². The zero-order valence-corrected chi connectivity index (χ0v) is 12.3. The maximum absolute atomic E-state index is 8.52. The van der Waals surface area contributed by atoms with Gasteiger partial charge in [-0.1, -0.05) is 0 Å². The quantitative estimate of drug-likeness (QED) is 0.257. The van der Waals surface area contributed by atoms with Crippen molar-refractivity contribution in [1.29, 1.82) is 0 Å². The summed E-state index contributed by atoms with van der Waals surface area (Å²) in [5.74, 6) is 0. The van der Waals surface area contributed by atoms with Crippen LogP contribution in [-0.4, -0.2) is 27.5 Å². The molecule has 0 aliphatic rings. The van der Waals surface area contributed by atoms with Crippen molar-refractivity contribution in [1.82, 2.24) is 0 Å². The molecule has 0 N–H and O–H groups in total. The molecule has 0 bridgehead atoms. The first kappa shape index (κ1) is 29.5. The summed E-state index contributed by atoms with van der Waals surface area (Å²) in [7, 11) is -10.9. The third-order valence-corrected chi connectivity index (χ3v) is 0. The second kappa shape index (κ2) is 23.9. The van der Waals surface area contributed by atoms with E-state index in [9.17, 15) is 0 Å². The van der Waals surface area contributed by atoms with Gasteiger partial charge in [-0.15, -0.1) is 0 Å². The second-order valence-corrected chi connectivity index (χ2v) is 2.25. The van der Waals surface area contributed by atoms with Gasteiger partial charge in [0.2, 0.25) is 0 Å². The molecule has 0 aliphatic heterocycles. The molecule has 0 unspecified atom stereocenters. The van der Waals surface area contributed by atoms with Gasteiger partial charge in [0.05, 0.1) is 0 Å². The van der Waals surface area contributed by atoms with Crippen LogP contribution >= 0.6 is 0 Å². The minimum Gasteiger partial charge on any atom is -0.672 e. The van der Waals surface area contributed by atoms with Gasteiger partial charge < -0.3 is 42.2 Å². The fourth-order valence-corrected chi connectivity index (χ4v) is 0. The van der Waals surface area contributed by atoms with Crippen molar-refractivity contribution >= 4 is 27.5 Å². The number of rotatable bonds is 0. The fourth-order valence-electron chi connectivity index (χ4n) is 0. The Labute approximate surface area is 141 Å². The third-order valence-electron chi connectivity index (χ3n) is 0. The van der Waals surface area contributed by atoms with Crippen molar-refractivity contribution < 1.29 is 116 Å². The van der Waals surface area contributed by atoms with Crippen LogP contribution in [0.15, 0.2) is 0 Å². The van der Waals surface area contributed by atoms with Crippen LogP contribution < -0.4 is 28.8 Å². The average Bonchev–Trinajstić information content (AvgIpc) is 1.54. The predicted molar refractivity (Wildman–Crippen MR) is 19.3 cm³/mol. The summed E-state index contributed by atoms with van der Waals surface area (Å²) in [5.41, 5.74) is 0. The van der Waals surface area contributed by atoms with Gasteiger partial charge in [0.15, 0.2) is 0 Å². The molecule has 0 atom stereocenters. The summed E-state index contributed by atoms with van der Waals surface area (Å²) in [6.07, 6.45) is 0. The summed E-state index contributed by atoms with van der Waals surface area (Å²) < 4.78 is 25.6. The molecule has 14 heteroatoms. The Morgan fingerprint density at radius 2 is 0.500 bits per heavy atom. The standard InChI is InChI=1S/3O3Si.2Tm/c3*1-4(2)3;;/q3*-2;2*+3. The monoisotopic (exact) mass is 566 g/mol. The fraction of sp³-hybridized carbons (Fsp3) is 0. The Balaban J connectivity index is -0.0000000270. The summed E-state index contributed by atoms with van der Waals surface area (Å²) in [6, 6.07) is 0. The molecule has 9 nitrogen and oxygen atoms in total. The molecule has 0 radical (unpaired) electrons. The van der Waals surface area contributed by atoms with Gasteiger partial charge in [-0.2, -0.15) is 0 Å². The van der Waals surface area contributed by atoms with E-state index in [-0.39, 0.29) is 73.7 Å². The molecule has 0 aliphatic carbocycles. The largest absolute Gasteiger partial charge is 3.00 e. The van der Waals surface area contributed by atoms with Crippen molar-refractivity contribution in [2.75, 3.05) is 0 Å². The van der Waals surface area contributed by atoms with E-state index in [0.717, 1.165) is 0 Å². The van der Waals surface area contributed by atoms with Crippen LogP contribution in [0.1, 0.15) is 0 Å². The van der Waals surface area contributed by atoms with Gasteiger partial charge in [0, 0.05) is 27.5 Å². The van der Waals surface area contributed by atoms with Gasteiger partial charge in [0.25, 0.3) is 0 Å². The average molecular weight is 566 g/mol. The Morgan fingerprint density at radius 3 is 0.500 bits per heavy atom. The smallest absolute Gasteiger partial charge is 0.672 e. The van der Waals surface area contributed by atoms with E-state index in [4.69, 9.17) is 42.2 Å². The van der Waals surface area contributed by atoms with E-state index < -0.39 is 27.5 Å². The molecule has 0 aromatic rings. The van der Waals surface area contributed by atoms with Gasteiger partial charge in [-0.3, -0.25) is 0 Å². The van der Waals surface area contributed by atoms with Crippen molar-refractivity contribution in [3.8, 4) is 0 Å². The Kier molecular flexibility index (Phi) is 50.3. The number of hydrogen-bond acceptors (Lipinski definition) is 9. The van der Waals surface area contributed by atoms with Gasteiger partial charge in [0.1, 0.15) is 0 Å². The molecule has 0 amide bonds. The molecule has 0 heterocycles. The first-order valence-electron chi connectivity index (χ1n) is 1.84. The van der Waals surface area contributed by atoms with Crippen LogP contribution in [0, 0.1) is 73.7 Å². The van der Waals surface area contributed by atoms with Crippen molar-refractivity contribution in [3.63, 3.8) is 0 Å². The molecule has 0 aromatic carbocycles. The molecule has 0 fully saturated rings. The first-order valence-corrected chi connectivity index (χ1v) is 5.51. The molecular formula is O9Si3Tm2.